The van der Waals surface area contributed by atoms with Crippen molar-refractivity contribution in [2.24, 2.45) is 0 Å². The normalized spacial score (nSPS) is 14.7. The summed E-state index contributed by atoms with van der Waals surface area (Å²) >= 11 is 4.96. The van der Waals surface area contributed by atoms with Crippen molar-refractivity contribution in [1.82, 2.24) is 15.0 Å². The van der Waals surface area contributed by atoms with Crippen LogP contribution in [0.2, 0.25) is 0 Å². The Morgan fingerprint density at radius 1 is 1.30 bits per heavy atom. The van der Waals surface area contributed by atoms with Crippen LogP contribution < -0.4 is 0 Å². The van der Waals surface area contributed by atoms with E-state index >= 15 is 0 Å². The van der Waals surface area contributed by atoms with E-state index in [1.54, 1.807) is 16.2 Å². The predicted molar refractivity (Wildman–Crippen MR) is 90.4 cm³/mol. The molecule has 1 aliphatic rings. The Labute approximate surface area is 145 Å². The minimum absolute atomic E-state index is 0.0283. The minimum atomic E-state index is 0.0283. The van der Waals surface area contributed by atoms with Gasteiger partial charge in [0.25, 0.3) is 5.91 Å². The lowest BCUT2D eigenvalue weighted by atomic mass is 9.99. The van der Waals surface area contributed by atoms with Crippen molar-refractivity contribution in [1.29, 1.82) is 0 Å². The number of carbonyl (C=O) groups excluding carboxylic acids is 1. The maximum absolute atomic E-state index is 12.4. The highest BCUT2D eigenvalue weighted by molar-refractivity contribution is 9.10. The molecule has 5 nitrogen and oxygen atoms in total. The van der Waals surface area contributed by atoms with Crippen LogP contribution in [-0.4, -0.2) is 34.0 Å². The number of amides is 1. The van der Waals surface area contributed by atoms with Crippen molar-refractivity contribution in [2.45, 2.75) is 5.92 Å². The van der Waals surface area contributed by atoms with Gasteiger partial charge in [0, 0.05) is 23.1 Å². The van der Waals surface area contributed by atoms with Crippen LogP contribution in [0.5, 0.6) is 0 Å². The molecule has 0 atom stereocenters. The molecule has 1 aromatic carbocycles. The number of aromatic nitrogens is 2. The number of halogens is 1. The SMILES string of the molecule is O=C(c1cccc(Br)c1)N1CC(c2nc(-c3cccs3)no2)C1. The van der Waals surface area contributed by atoms with E-state index in [9.17, 15) is 4.79 Å². The van der Waals surface area contributed by atoms with Gasteiger partial charge in [-0.2, -0.15) is 4.98 Å². The number of thiophene rings is 1. The first-order valence-corrected chi connectivity index (χ1v) is 8.80. The van der Waals surface area contributed by atoms with Gasteiger partial charge < -0.3 is 9.42 Å². The molecule has 0 saturated carbocycles. The number of hydrogen-bond donors (Lipinski definition) is 0. The molecule has 1 aliphatic heterocycles. The highest BCUT2D eigenvalue weighted by Crippen LogP contribution is 2.30. The number of rotatable bonds is 3. The molecule has 4 rings (SSSR count). The van der Waals surface area contributed by atoms with E-state index in [-0.39, 0.29) is 11.8 Å². The third-order valence-corrected chi connectivity index (χ3v) is 5.13. The van der Waals surface area contributed by atoms with Gasteiger partial charge >= 0.3 is 0 Å². The lowest BCUT2D eigenvalue weighted by molar-refractivity contribution is 0.0569. The molecule has 0 spiro atoms. The Kier molecular flexibility index (Phi) is 3.74. The number of likely N-dealkylation sites (tertiary alicyclic amines) is 1. The van der Waals surface area contributed by atoms with Crippen molar-refractivity contribution >= 4 is 33.2 Å². The molecule has 116 valence electrons. The summed E-state index contributed by atoms with van der Waals surface area (Å²) in [6.07, 6.45) is 0. The van der Waals surface area contributed by atoms with Crippen LogP contribution in [0.3, 0.4) is 0 Å². The Morgan fingerprint density at radius 2 is 2.17 bits per heavy atom. The van der Waals surface area contributed by atoms with Crippen molar-refractivity contribution in [2.75, 3.05) is 13.1 Å². The van der Waals surface area contributed by atoms with Gasteiger partial charge in [-0.25, -0.2) is 0 Å². The zero-order valence-corrected chi connectivity index (χ0v) is 14.4. The zero-order chi connectivity index (χ0) is 15.8. The number of hydrogen-bond acceptors (Lipinski definition) is 5. The van der Waals surface area contributed by atoms with Crippen molar-refractivity contribution in [3.8, 4) is 10.7 Å². The van der Waals surface area contributed by atoms with Gasteiger partial charge in [0.2, 0.25) is 11.7 Å². The highest BCUT2D eigenvalue weighted by atomic mass is 79.9. The smallest absolute Gasteiger partial charge is 0.253 e. The zero-order valence-electron chi connectivity index (χ0n) is 12.0. The van der Waals surface area contributed by atoms with E-state index in [0.29, 0.717) is 30.4 Å². The molecule has 1 amide bonds. The van der Waals surface area contributed by atoms with E-state index in [2.05, 4.69) is 26.1 Å². The van der Waals surface area contributed by atoms with Crippen LogP contribution in [0.1, 0.15) is 22.2 Å². The maximum atomic E-state index is 12.4. The summed E-state index contributed by atoms with van der Waals surface area (Å²) in [7, 11) is 0. The molecule has 23 heavy (non-hydrogen) atoms. The molecule has 7 heteroatoms. The van der Waals surface area contributed by atoms with Crippen molar-refractivity contribution in [3.05, 3.63) is 57.7 Å². The minimum Gasteiger partial charge on any atom is -0.339 e. The van der Waals surface area contributed by atoms with Gasteiger partial charge in [0.05, 0.1) is 10.8 Å². The second-order valence-corrected chi connectivity index (χ2v) is 7.21. The van der Waals surface area contributed by atoms with Gasteiger partial charge in [-0.1, -0.05) is 33.2 Å². The number of benzene rings is 1. The lowest BCUT2D eigenvalue weighted by Crippen LogP contribution is -2.48. The fourth-order valence-corrected chi connectivity index (χ4v) is 3.56. The first-order valence-electron chi connectivity index (χ1n) is 7.13. The summed E-state index contributed by atoms with van der Waals surface area (Å²) < 4.78 is 6.25. The van der Waals surface area contributed by atoms with Crippen LogP contribution in [0.4, 0.5) is 0 Å². The van der Waals surface area contributed by atoms with E-state index in [4.69, 9.17) is 4.52 Å². The van der Waals surface area contributed by atoms with Crippen LogP contribution in [0, 0.1) is 0 Å². The summed E-state index contributed by atoms with van der Waals surface area (Å²) in [6, 6.07) is 11.3. The molecular formula is C16H12BrN3O2S. The van der Waals surface area contributed by atoms with E-state index in [0.717, 1.165) is 9.35 Å². The summed E-state index contributed by atoms with van der Waals surface area (Å²) in [6.45, 7) is 1.22. The lowest BCUT2D eigenvalue weighted by Gasteiger charge is -2.37. The van der Waals surface area contributed by atoms with Crippen LogP contribution >= 0.6 is 27.3 Å². The standard InChI is InChI=1S/C16H12BrN3O2S/c17-12-4-1-3-10(7-12)16(21)20-8-11(9-20)15-18-14(19-22-15)13-5-2-6-23-13/h1-7,11H,8-9H2. The van der Waals surface area contributed by atoms with E-state index < -0.39 is 0 Å². The molecule has 3 aromatic rings. The van der Waals surface area contributed by atoms with Crippen LogP contribution in [-0.2, 0) is 0 Å². The molecule has 0 N–H and O–H groups in total. The predicted octanol–water partition coefficient (Wildman–Crippen LogP) is 3.80. The topological polar surface area (TPSA) is 59.2 Å². The molecule has 1 fully saturated rings. The third-order valence-electron chi connectivity index (χ3n) is 3.77. The monoisotopic (exact) mass is 389 g/mol. The maximum Gasteiger partial charge on any atom is 0.253 e. The molecular weight excluding hydrogens is 378 g/mol. The van der Waals surface area contributed by atoms with E-state index in [1.807, 2.05) is 41.8 Å². The molecule has 1 saturated heterocycles. The van der Waals surface area contributed by atoms with Gasteiger partial charge in [-0.3, -0.25) is 4.79 Å². The second-order valence-electron chi connectivity index (χ2n) is 5.35. The first kappa shape index (κ1) is 14.6. The quantitative estimate of drug-likeness (QED) is 0.683. The van der Waals surface area contributed by atoms with Crippen LogP contribution in [0.25, 0.3) is 10.7 Å². The molecule has 0 unspecified atom stereocenters. The molecule has 0 bridgehead atoms. The molecule has 2 aromatic heterocycles. The van der Waals surface area contributed by atoms with Gasteiger partial charge in [-0.05, 0) is 29.6 Å². The first-order chi connectivity index (χ1) is 11.2. The van der Waals surface area contributed by atoms with Gasteiger partial charge in [-0.15, -0.1) is 11.3 Å². The van der Waals surface area contributed by atoms with Crippen molar-refractivity contribution in [3.63, 3.8) is 0 Å². The fourth-order valence-electron chi connectivity index (χ4n) is 2.51. The summed E-state index contributed by atoms with van der Waals surface area (Å²) in [4.78, 5) is 19.6. The van der Waals surface area contributed by atoms with Gasteiger partial charge in [0.1, 0.15) is 0 Å². The third kappa shape index (κ3) is 2.82. The average Bonchev–Trinajstić information content (AvgIpc) is 3.16. The Bertz CT molecular complexity index is 841. The van der Waals surface area contributed by atoms with Crippen molar-refractivity contribution < 1.29 is 9.32 Å². The number of nitrogens with zero attached hydrogens (tertiary/aromatic N) is 3. The van der Waals surface area contributed by atoms with Crippen LogP contribution in [0.15, 0.2) is 50.8 Å². The molecule has 3 heterocycles. The Hall–Kier alpha value is -1.99. The largest absolute Gasteiger partial charge is 0.339 e. The Morgan fingerprint density at radius 3 is 2.91 bits per heavy atom. The number of carbonyl (C=O) groups is 1. The summed E-state index contributed by atoms with van der Waals surface area (Å²) in [5.41, 5.74) is 0.683. The average molecular weight is 390 g/mol. The molecule has 0 aliphatic carbocycles. The highest BCUT2D eigenvalue weighted by Gasteiger charge is 2.36. The van der Waals surface area contributed by atoms with Gasteiger partial charge in [0.15, 0.2) is 0 Å². The summed E-state index contributed by atoms with van der Waals surface area (Å²) in [5, 5.41) is 6.00. The molecule has 0 radical (unpaired) electrons. The summed E-state index contributed by atoms with van der Waals surface area (Å²) in [5.74, 6) is 1.37. The Balaban J connectivity index is 1.43. The second kappa shape index (κ2) is 5.90. The fraction of sp³-hybridized carbons (Fsp3) is 0.188. The van der Waals surface area contributed by atoms with E-state index in [1.165, 1.54) is 0 Å².